The molecule has 0 radical (unpaired) electrons. The van der Waals surface area contributed by atoms with Crippen LogP contribution >= 0.6 is 12.4 Å². The average Bonchev–Trinajstić information content (AvgIpc) is 2.15. The third-order valence-corrected chi connectivity index (χ3v) is 1.28. The Hall–Kier alpha value is -0.480. The summed E-state index contributed by atoms with van der Waals surface area (Å²) >= 11 is 0. The van der Waals surface area contributed by atoms with Crippen LogP contribution in [0.5, 0.6) is 0 Å². The predicted molar refractivity (Wildman–Crippen MR) is 37.6 cm³/mol. The van der Waals surface area contributed by atoms with E-state index in [-0.39, 0.29) is 18.5 Å². The summed E-state index contributed by atoms with van der Waals surface area (Å²) in [6.07, 6.45) is -0.502. The number of ether oxygens (including phenoxy) is 1. The molecule has 0 saturated carbocycles. The largest absolute Gasteiger partial charge is 0.506 e. The van der Waals surface area contributed by atoms with Crippen LogP contribution in [-0.4, -0.2) is 30.5 Å². The summed E-state index contributed by atoms with van der Waals surface area (Å²) in [4.78, 5) is 9.91. The van der Waals surface area contributed by atoms with Crippen LogP contribution in [0.1, 0.15) is 6.42 Å². The molecule has 1 fully saturated rings. The van der Waals surface area contributed by atoms with Gasteiger partial charge in [-0.2, -0.15) is 0 Å². The number of nitrogens with one attached hydrogen (secondary N) is 1. The van der Waals surface area contributed by atoms with Crippen LogP contribution in [0.25, 0.3) is 0 Å². The third-order valence-electron chi connectivity index (χ3n) is 1.28. The molecular weight excluding hydrogens is 158 g/mol. The molecule has 1 unspecified atom stereocenters. The molecule has 10 heavy (non-hydrogen) atoms. The molecule has 0 aromatic carbocycles. The predicted octanol–water partition coefficient (Wildman–Crippen LogP) is 0.465. The number of carbonyl (C=O) groups is 1. The molecule has 0 amide bonds. The first kappa shape index (κ1) is 9.52. The van der Waals surface area contributed by atoms with Crippen LogP contribution < -0.4 is 5.32 Å². The fourth-order valence-corrected chi connectivity index (χ4v) is 0.871. The van der Waals surface area contributed by atoms with Gasteiger partial charge in [0.2, 0.25) is 0 Å². The van der Waals surface area contributed by atoms with Gasteiger partial charge in [-0.05, 0) is 13.0 Å². The third kappa shape index (κ3) is 2.89. The zero-order valence-electron chi connectivity index (χ0n) is 5.37. The number of halogens is 1. The summed E-state index contributed by atoms with van der Waals surface area (Å²) in [7, 11) is 0. The van der Waals surface area contributed by atoms with Gasteiger partial charge < -0.3 is 15.2 Å². The maximum Gasteiger partial charge on any atom is 0.506 e. The van der Waals surface area contributed by atoms with Gasteiger partial charge in [0.1, 0.15) is 6.10 Å². The van der Waals surface area contributed by atoms with E-state index in [9.17, 15) is 4.79 Å². The van der Waals surface area contributed by atoms with Gasteiger partial charge in [-0.15, -0.1) is 12.4 Å². The lowest BCUT2D eigenvalue weighted by Gasteiger charge is -2.04. The molecule has 4 nitrogen and oxygen atoms in total. The molecule has 60 valence electrons. The quantitative estimate of drug-likeness (QED) is 0.558. The van der Waals surface area contributed by atoms with Crippen molar-refractivity contribution in [2.45, 2.75) is 12.5 Å². The lowest BCUT2D eigenvalue weighted by molar-refractivity contribution is 0.0596. The van der Waals surface area contributed by atoms with Gasteiger partial charge >= 0.3 is 6.16 Å². The first-order chi connectivity index (χ1) is 4.29. The summed E-state index contributed by atoms with van der Waals surface area (Å²) in [5.41, 5.74) is 0. The highest BCUT2D eigenvalue weighted by Crippen LogP contribution is 2.02. The highest BCUT2D eigenvalue weighted by Gasteiger charge is 2.17. The first-order valence-corrected chi connectivity index (χ1v) is 2.89. The molecule has 0 spiro atoms. The fourth-order valence-electron chi connectivity index (χ4n) is 0.871. The van der Waals surface area contributed by atoms with Crippen molar-refractivity contribution in [1.29, 1.82) is 0 Å². The first-order valence-electron chi connectivity index (χ1n) is 2.89. The number of rotatable bonds is 1. The van der Waals surface area contributed by atoms with Crippen molar-refractivity contribution in [1.82, 2.24) is 5.32 Å². The maximum atomic E-state index is 9.91. The topological polar surface area (TPSA) is 58.6 Å². The molecule has 0 aromatic rings. The Labute approximate surface area is 65.0 Å². The van der Waals surface area contributed by atoms with Crippen molar-refractivity contribution in [3.05, 3.63) is 0 Å². The second-order valence-corrected chi connectivity index (χ2v) is 2.00. The zero-order valence-corrected chi connectivity index (χ0v) is 6.19. The van der Waals surface area contributed by atoms with Crippen molar-refractivity contribution in [2.24, 2.45) is 0 Å². The maximum absolute atomic E-state index is 9.91. The van der Waals surface area contributed by atoms with Crippen molar-refractivity contribution >= 4 is 18.6 Å². The second-order valence-electron chi connectivity index (χ2n) is 2.00. The van der Waals surface area contributed by atoms with Gasteiger partial charge in [0.15, 0.2) is 0 Å². The zero-order chi connectivity index (χ0) is 6.69. The molecule has 1 aliphatic rings. The summed E-state index contributed by atoms with van der Waals surface area (Å²) in [5, 5.41) is 11.1. The van der Waals surface area contributed by atoms with Crippen LogP contribution in [0.3, 0.4) is 0 Å². The Morgan fingerprint density at radius 1 is 1.70 bits per heavy atom. The van der Waals surface area contributed by atoms with E-state index in [0.29, 0.717) is 6.54 Å². The minimum Gasteiger partial charge on any atom is -0.450 e. The van der Waals surface area contributed by atoms with Gasteiger partial charge in [-0.25, -0.2) is 4.79 Å². The van der Waals surface area contributed by atoms with E-state index in [1.54, 1.807) is 0 Å². The normalized spacial score (nSPS) is 23.4. The molecule has 1 atom stereocenters. The molecule has 1 aliphatic heterocycles. The molecule has 0 aliphatic carbocycles. The van der Waals surface area contributed by atoms with E-state index in [4.69, 9.17) is 5.11 Å². The molecule has 1 saturated heterocycles. The number of carboxylic acid groups (broad SMARTS) is 1. The summed E-state index contributed by atoms with van der Waals surface area (Å²) < 4.78 is 4.47. The molecule has 5 heteroatoms. The fraction of sp³-hybridized carbons (Fsp3) is 0.800. The molecule has 0 aromatic heterocycles. The van der Waals surface area contributed by atoms with Gasteiger partial charge in [-0.3, -0.25) is 0 Å². The Morgan fingerprint density at radius 2 is 2.40 bits per heavy atom. The van der Waals surface area contributed by atoms with Crippen LogP contribution in [0.15, 0.2) is 0 Å². The minimum atomic E-state index is -1.18. The number of hydrogen-bond acceptors (Lipinski definition) is 3. The lowest BCUT2D eigenvalue weighted by Crippen LogP contribution is -2.19. The SMILES string of the molecule is Cl.O=C(O)OC1CCNC1. The van der Waals surface area contributed by atoms with Gasteiger partial charge in [0, 0.05) is 6.54 Å². The highest BCUT2D eigenvalue weighted by molar-refractivity contribution is 5.85. The summed E-state index contributed by atoms with van der Waals surface area (Å²) in [6, 6.07) is 0. The van der Waals surface area contributed by atoms with E-state index < -0.39 is 6.16 Å². The van der Waals surface area contributed by atoms with Crippen molar-refractivity contribution in [3.63, 3.8) is 0 Å². The standard InChI is InChI=1S/C5H9NO3.ClH/c7-5(8)9-4-1-2-6-3-4;/h4,6H,1-3H2,(H,7,8);1H. The van der Waals surface area contributed by atoms with Crippen molar-refractivity contribution in [2.75, 3.05) is 13.1 Å². The minimum absolute atomic E-state index is 0. The van der Waals surface area contributed by atoms with Gasteiger partial charge in [0.25, 0.3) is 0 Å². The molecule has 0 bridgehead atoms. The summed E-state index contributed by atoms with van der Waals surface area (Å²) in [6.45, 7) is 1.52. The molecular formula is C5H10ClNO3. The Balaban J connectivity index is 0.000000810. The smallest absolute Gasteiger partial charge is 0.450 e. The monoisotopic (exact) mass is 167 g/mol. The van der Waals surface area contributed by atoms with E-state index in [0.717, 1.165) is 13.0 Å². The average molecular weight is 168 g/mol. The van der Waals surface area contributed by atoms with E-state index in [1.165, 1.54) is 0 Å². The lowest BCUT2D eigenvalue weighted by atomic mass is 10.3. The second kappa shape index (κ2) is 4.35. The van der Waals surface area contributed by atoms with E-state index >= 15 is 0 Å². The van der Waals surface area contributed by atoms with Gasteiger partial charge in [0.05, 0.1) is 0 Å². The van der Waals surface area contributed by atoms with Crippen LogP contribution in [-0.2, 0) is 4.74 Å². The van der Waals surface area contributed by atoms with Crippen molar-refractivity contribution in [3.8, 4) is 0 Å². The molecule has 1 heterocycles. The summed E-state index contributed by atoms with van der Waals surface area (Å²) in [5.74, 6) is 0. The van der Waals surface area contributed by atoms with E-state index in [1.807, 2.05) is 0 Å². The van der Waals surface area contributed by atoms with Crippen LogP contribution in [0.4, 0.5) is 4.79 Å². The van der Waals surface area contributed by atoms with Crippen LogP contribution in [0, 0.1) is 0 Å². The highest BCUT2D eigenvalue weighted by atomic mass is 35.5. The van der Waals surface area contributed by atoms with Gasteiger partial charge in [-0.1, -0.05) is 0 Å². The van der Waals surface area contributed by atoms with Crippen LogP contribution in [0.2, 0.25) is 0 Å². The molecule has 2 N–H and O–H groups in total. The Morgan fingerprint density at radius 3 is 2.80 bits per heavy atom. The van der Waals surface area contributed by atoms with E-state index in [2.05, 4.69) is 10.1 Å². The molecule has 1 rings (SSSR count). The Bertz CT molecular complexity index is 113. The number of hydrogen-bond donors (Lipinski definition) is 2. The Kier molecular flexibility index (Phi) is 4.14. The van der Waals surface area contributed by atoms with Crippen molar-refractivity contribution < 1.29 is 14.6 Å².